The van der Waals surface area contributed by atoms with Crippen LogP contribution in [-0.4, -0.2) is 72.3 Å². The highest BCUT2D eigenvalue weighted by Gasteiger charge is 2.35. The van der Waals surface area contributed by atoms with Crippen LogP contribution in [0, 0.1) is 0 Å². The van der Waals surface area contributed by atoms with Crippen molar-refractivity contribution >= 4 is 35.4 Å². The van der Waals surface area contributed by atoms with E-state index >= 15 is 0 Å². The molecule has 2 saturated heterocycles. The number of halogens is 1. The summed E-state index contributed by atoms with van der Waals surface area (Å²) in [6.45, 7) is 2.86. The standard InChI is InChI=1S/C36H41ClN4O3/c37-30-17-14-27(15-18-30)16-19-34(42)38-25-31-20-23-41(36(44)33(39-31)24-35(43)40-21-8-3-9-22-40)26-32(28-10-4-1-5-11-28)29-12-6-2-7-13-29/h1-2,4-7,10-19,31-33,39H,3,8-9,20-26H2,(H,38,42)/t31-,33-/m0/s1. The van der Waals surface area contributed by atoms with E-state index in [1.807, 2.05) is 58.3 Å². The van der Waals surface area contributed by atoms with Crippen LogP contribution in [0.25, 0.3) is 6.08 Å². The monoisotopic (exact) mass is 612 g/mol. The maximum absolute atomic E-state index is 14.1. The van der Waals surface area contributed by atoms with Crippen LogP contribution in [0.1, 0.15) is 54.7 Å². The molecule has 230 valence electrons. The highest BCUT2D eigenvalue weighted by molar-refractivity contribution is 6.30. The van der Waals surface area contributed by atoms with Gasteiger partial charge in [-0.2, -0.15) is 0 Å². The zero-order valence-corrected chi connectivity index (χ0v) is 25.8. The van der Waals surface area contributed by atoms with Gasteiger partial charge in [-0.1, -0.05) is 84.4 Å². The van der Waals surface area contributed by atoms with Crippen molar-refractivity contribution in [1.29, 1.82) is 0 Å². The van der Waals surface area contributed by atoms with Crippen LogP contribution >= 0.6 is 11.6 Å². The first-order valence-corrected chi connectivity index (χ1v) is 16.0. The maximum Gasteiger partial charge on any atom is 0.244 e. The van der Waals surface area contributed by atoms with E-state index in [2.05, 4.69) is 34.9 Å². The number of piperidine rings is 1. The number of benzene rings is 3. The lowest BCUT2D eigenvalue weighted by atomic mass is 9.90. The number of hydrogen-bond donors (Lipinski definition) is 2. The first-order valence-electron chi connectivity index (χ1n) is 15.6. The summed E-state index contributed by atoms with van der Waals surface area (Å²) in [6, 6.07) is 26.9. The van der Waals surface area contributed by atoms with Gasteiger partial charge in [0.15, 0.2) is 0 Å². The van der Waals surface area contributed by atoms with Crippen molar-refractivity contribution in [3.63, 3.8) is 0 Å². The molecule has 0 saturated carbocycles. The number of likely N-dealkylation sites (tertiary alicyclic amines) is 1. The van der Waals surface area contributed by atoms with Crippen molar-refractivity contribution in [1.82, 2.24) is 20.4 Å². The van der Waals surface area contributed by atoms with Gasteiger partial charge in [-0.3, -0.25) is 14.4 Å². The smallest absolute Gasteiger partial charge is 0.244 e. The van der Waals surface area contributed by atoms with Gasteiger partial charge in [-0.05, 0) is 60.6 Å². The summed E-state index contributed by atoms with van der Waals surface area (Å²) in [4.78, 5) is 43.9. The molecule has 2 atom stereocenters. The Balaban J connectivity index is 1.31. The molecule has 2 N–H and O–H groups in total. The molecule has 0 spiro atoms. The van der Waals surface area contributed by atoms with Crippen LogP contribution < -0.4 is 10.6 Å². The van der Waals surface area contributed by atoms with Gasteiger partial charge in [0, 0.05) is 55.8 Å². The van der Waals surface area contributed by atoms with Crippen LogP contribution in [0.2, 0.25) is 5.02 Å². The van der Waals surface area contributed by atoms with E-state index in [9.17, 15) is 14.4 Å². The minimum absolute atomic E-state index is 0.00551. The molecule has 0 radical (unpaired) electrons. The Bertz CT molecular complexity index is 1370. The van der Waals surface area contributed by atoms with Gasteiger partial charge in [-0.25, -0.2) is 0 Å². The Morgan fingerprint density at radius 1 is 0.886 bits per heavy atom. The van der Waals surface area contributed by atoms with Crippen LogP contribution in [0.5, 0.6) is 0 Å². The molecule has 44 heavy (non-hydrogen) atoms. The van der Waals surface area contributed by atoms with E-state index in [1.165, 1.54) is 6.08 Å². The second-order valence-corrected chi connectivity index (χ2v) is 12.1. The maximum atomic E-state index is 14.1. The number of nitrogens with one attached hydrogen (secondary N) is 2. The average molecular weight is 613 g/mol. The lowest BCUT2D eigenvalue weighted by molar-refractivity contribution is -0.139. The second-order valence-electron chi connectivity index (χ2n) is 11.6. The predicted molar refractivity (Wildman–Crippen MR) is 175 cm³/mol. The van der Waals surface area contributed by atoms with Crippen LogP contribution in [0.3, 0.4) is 0 Å². The summed E-state index contributed by atoms with van der Waals surface area (Å²) >= 11 is 5.96. The third-order valence-corrected chi connectivity index (χ3v) is 8.76. The summed E-state index contributed by atoms with van der Waals surface area (Å²) in [7, 11) is 0. The molecule has 2 fully saturated rings. The van der Waals surface area contributed by atoms with Gasteiger partial charge in [0.1, 0.15) is 0 Å². The quantitative estimate of drug-likeness (QED) is 0.306. The van der Waals surface area contributed by atoms with Crippen molar-refractivity contribution in [2.45, 2.75) is 50.1 Å². The van der Waals surface area contributed by atoms with E-state index in [-0.39, 0.29) is 36.1 Å². The van der Waals surface area contributed by atoms with Gasteiger partial charge >= 0.3 is 0 Å². The van der Waals surface area contributed by atoms with E-state index < -0.39 is 6.04 Å². The fraction of sp³-hybridized carbons (Fsp3) is 0.361. The molecule has 3 aromatic carbocycles. The molecule has 7 nitrogen and oxygen atoms in total. The number of hydrogen-bond acceptors (Lipinski definition) is 4. The van der Waals surface area contributed by atoms with Gasteiger partial charge in [-0.15, -0.1) is 0 Å². The molecule has 5 rings (SSSR count). The number of amides is 3. The Labute approximate surface area is 265 Å². The summed E-state index contributed by atoms with van der Waals surface area (Å²) in [5.74, 6) is -0.283. The first kappa shape index (κ1) is 31.5. The molecule has 0 aliphatic carbocycles. The lowest BCUT2D eigenvalue weighted by Crippen LogP contribution is -2.51. The summed E-state index contributed by atoms with van der Waals surface area (Å²) in [5.41, 5.74) is 3.16. The molecule has 3 amide bonds. The third-order valence-electron chi connectivity index (χ3n) is 8.51. The van der Waals surface area contributed by atoms with Crippen molar-refractivity contribution < 1.29 is 14.4 Å². The molecule has 3 aromatic rings. The Hall–Kier alpha value is -3.94. The minimum atomic E-state index is -0.661. The molecule has 0 bridgehead atoms. The van der Waals surface area contributed by atoms with Gasteiger partial charge in [0.25, 0.3) is 0 Å². The molecule has 8 heteroatoms. The second kappa shape index (κ2) is 15.7. The number of carbonyl (C=O) groups excluding carboxylic acids is 3. The fourth-order valence-corrected chi connectivity index (χ4v) is 6.17. The highest BCUT2D eigenvalue weighted by atomic mass is 35.5. The van der Waals surface area contributed by atoms with Crippen LogP contribution in [0.4, 0.5) is 0 Å². The lowest BCUT2D eigenvalue weighted by Gasteiger charge is -2.31. The van der Waals surface area contributed by atoms with Crippen molar-refractivity contribution in [2.75, 3.05) is 32.7 Å². The first-order chi connectivity index (χ1) is 21.5. The van der Waals surface area contributed by atoms with Crippen LogP contribution in [0.15, 0.2) is 91.0 Å². The molecular weight excluding hydrogens is 572 g/mol. The summed E-state index contributed by atoms with van der Waals surface area (Å²) in [6.07, 6.45) is 7.13. The topological polar surface area (TPSA) is 81.8 Å². The summed E-state index contributed by atoms with van der Waals surface area (Å²) < 4.78 is 0. The van der Waals surface area contributed by atoms with Crippen molar-refractivity contribution in [3.05, 3.63) is 113 Å². The van der Waals surface area contributed by atoms with E-state index in [1.54, 1.807) is 18.2 Å². The van der Waals surface area contributed by atoms with Gasteiger partial charge in [0.05, 0.1) is 12.5 Å². The molecule has 0 aromatic heterocycles. The largest absolute Gasteiger partial charge is 0.351 e. The van der Waals surface area contributed by atoms with Crippen molar-refractivity contribution in [2.24, 2.45) is 0 Å². The summed E-state index contributed by atoms with van der Waals surface area (Å²) in [5, 5.41) is 7.08. The Morgan fingerprint density at radius 3 is 2.16 bits per heavy atom. The van der Waals surface area contributed by atoms with E-state index in [0.29, 0.717) is 31.1 Å². The van der Waals surface area contributed by atoms with Crippen molar-refractivity contribution in [3.8, 4) is 0 Å². The van der Waals surface area contributed by atoms with E-state index in [4.69, 9.17) is 11.6 Å². The Kier molecular flexibility index (Phi) is 11.2. The average Bonchev–Trinajstić information content (AvgIpc) is 3.21. The molecule has 0 unspecified atom stereocenters. The minimum Gasteiger partial charge on any atom is -0.351 e. The van der Waals surface area contributed by atoms with Crippen LogP contribution in [-0.2, 0) is 14.4 Å². The normalized spacial score (nSPS) is 19.3. The zero-order chi connectivity index (χ0) is 30.7. The molecule has 2 aliphatic heterocycles. The predicted octanol–water partition coefficient (Wildman–Crippen LogP) is 5.26. The highest BCUT2D eigenvalue weighted by Crippen LogP contribution is 2.27. The van der Waals surface area contributed by atoms with E-state index in [0.717, 1.165) is 49.0 Å². The third kappa shape index (κ3) is 8.80. The molecular formula is C36H41ClN4O3. The molecule has 2 aliphatic rings. The zero-order valence-electron chi connectivity index (χ0n) is 25.0. The molecule has 2 heterocycles. The fourth-order valence-electron chi connectivity index (χ4n) is 6.04. The Morgan fingerprint density at radius 2 is 1.52 bits per heavy atom. The van der Waals surface area contributed by atoms with Gasteiger partial charge in [0.2, 0.25) is 17.7 Å². The van der Waals surface area contributed by atoms with Gasteiger partial charge < -0.3 is 20.4 Å². The number of rotatable bonds is 10. The number of carbonyl (C=O) groups is 3. The number of nitrogens with zero attached hydrogens (tertiary/aromatic N) is 2. The SMILES string of the molecule is O=C(C=Cc1ccc(Cl)cc1)NC[C@@H]1CCN(CC(c2ccccc2)c2ccccc2)C(=O)[C@H](CC(=O)N2CCCCC2)N1.